The minimum atomic E-state index is -0.0692. The average Bonchev–Trinajstić information content (AvgIpc) is 4.43. The molecule has 2 aromatic carbocycles. The Morgan fingerprint density at radius 2 is 1.04 bits per heavy atom. The van der Waals surface area contributed by atoms with Gasteiger partial charge < -0.3 is 34.9 Å². The van der Waals surface area contributed by atoms with Gasteiger partial charge >= 0.3 is 0 Å². The molecule has 0 atom stereocenters. The number of likely N-dealkylation sites (tertiary alicyclic amines) is 2. The van der Waals surface area contributed by atoms with Crippen molar-refractivity contribution >= 4 is 22.9 Å². The largest absolute Gasteiger partial charge is 0.633 e. The van der Waals surface area contributed by atoms with E-state index in [1.54, 1.807) is 23.5 Å². The molecule has 4 N–H and O–H groups in total. The van der Waals surface area contributed by atoms with E-state index in [9.17, 15) is 5.21 Å². The summed E-state index contributed by atoms with van der Waals surface area (Å²) in [5.41, 5.74) is 11.8. The van der Waals surface area contributed by atoms with Gasteiger partial charge in [0.15, 0.2) is 0 Å². The van der Waals surface area contributed by atoms with Gasteiger partial charge in [-0.3, -0.25) is 28.7 Å². The molecule has 0 saturated carbocycles. The highest BCUT2D eigenvalue weighted by Crippen LogP contribution is 2.27. The standard InChI is InChI=1S/C29H32N8O2.C29H32N8O.H2O2/c1-35-20-24(18-34-35)23-7-5-22(6-8-23)17-30-28-16-26(32-21-33-28)27-19-31-29-15-25(9-10-36(27)29)39-14-4-13-37(38)11-2-3-12-37;1-35-20-24(18-34-35)23-7-5-22(6-8-23)17-30-28-16-26(32-21-33-28)27-19-31-29-15-25(9-13-37(27)29)38-14-4-12-36-10-2-3-11-36;1-2/h5-10,15-16,18-21H,2-4,11-14,17H2,1H3,(H,30,32,33);5-9,13,15-16,18-21H,2-4,10-12,14,17H2,1H3,(H,30,32,33);1-2H. The third-order valence-electron chi connectivity index (χ3n) is 14.2. The van der Waals surface area contributed by atoms with Crippen molar-refractivity contribution in [2.45, 2.75) is 51.6 Å². The molecule has 2 fully saturated rings. The van der Waals surface area contributed by atoms with E-state index in [-0.39, 0.29) is 4.65 Å². The van der Waals surface area contributed by atoms with Crippen LogP contribution in [0.1, 0.15) is 49.7 Å². The first-order valence-electron chi connectivity index (χ1n) is 26.7. The van der Waals surface area contributed by atoms with E-state index in [2.05, 4.69) is 104 Å². The highest BCUT2D eigenvalue weighted by atomic mass is 17.0. The maximum Gasteiger partial charge on any atom is 0.140 e. The van der Waals surface area contributed by atoms with Gasteiger partial charge in [-0.05, 0) is 66.7 Å². The van der Waals surface area contributed by atoms with Crippen LogP contribution in [0.15, 0.2) is 147 Å². The monoisotopic (exact) mass is 1070 g/mol. The summed E-state index contributed by atoms with van der Waals surface area (Å²) >= 11 is 0. The minimum Gasteiger partial charge on any atom is -0.633 e. The van der Waals surface area contributed by atoms with Crippen molar-refractivity contribution in [2.24, 2.45) is 14.1 Å². The van der Waals surface area contributed by atoms with Gasteiger partial charge in [-0.1, -0.05) is 48.5 Å². The van der Waals surface area contributed by atoms with Crippen LogP contribution < -0.4 is 20.1 Å². The number of aryl methyl sites for hydroxylation is 2. The molecule has 12 rings (SSSR count). The van der Waals surface area contributed by atoms with Gasteiger partial charge in [0, 0.05) is 113 Å². The summed E-state index contributed by atoms with van der Waals surface area (Å²) in [6.07, 6.45) is 25.0. The molecule has 2 saturated heterocycles. The van der Waals surface area contributed by atoms with E-state index >= 15 is 0 Å². The van der Waals surface area contributed by atoms with Gasteiger partial charge in [0.05, 0.1) is 80.4 Å². The summed E-state index contributed by atoms with van der Waals surface area (Å²) < 4.78 is 19.5. The number of hydrogen-bond acceptors (Lipinski definition) is 16. The number of benzene rings is 2. The molecule has 2 aliphatic heterocycles. The van der Waals surface area contributed by atoms with Crippen LogP contribution in [0.5, 0.6) is 11.5 Å². The highest BCUT2D eigenvalue weighted by Gasteiger charge is 2.22. The van der Waals surface area contributed by atoms with Crippen molar-refractivity contribution in [3.05, 3.63) is 163 Å². The van der Waals surface area contributed by atoms with Gasteiger partial charge in [-0.25, -0.2) is 29.9 Å². The Morgan fingerprint density at radius 1 is 0.557 bits per heavy atom. The fourth-order valence-electron chi connectivity index (χ4n) is 9.99. The van der Waals surface area contributed by atoms with Gasteiger partial charge in [0.2, 0.25) is 0 Å². The van der Waals surface area contributed by atoms with Crippen molar-refractivity contribution < 1.29 is 24.6 Å². The Hall–Kier alpha value is -8.60. The molecule has 21 nitrogen and oxygen atoms in total. The van der Waals surface area contributed by atoms with Crippen LogP contribution in [0.2, 0.25) is 0 Å². The van der Waals surface area contributed by atoms with E-state index in [1.165, 1.54) is 31.5 Å². The molecule has 0 radical (unpaired) electrons. The van der Waals surface area contributed by atoms with Crippen molar-refractivity contribution in [2.75, 3.05) is 63.1 Å². The summed E-state index contributed by atoms with van der Waals surface area (Å²) in [4.78, 5) is 29.4. The minimum absolute atomic E-state index is 0.0692. The van der Waals surface area contributed by atoms with Crippen molar-refractivity contribution in [1.29, 1.82) is 0 Å². The number of aromatic nitrogens is 12. The number of rotatable bonds is 20. The molecular weight excluding hydrogens is 1000 g/mol. The van der Waals surface area contributed by atoms with Gasteiger partial charge in [-0.2, -0.15) is 10.2 Å². The number of ether oxygens (including phenoxy) is 2. The number of hydrogen-bond donors (Lipinski definition) is 4. The number of imidazole rings is 2. The topological polar surface area (TPSA) is 231 Å². The number of fused-ring (bicyclic) bond motifs is 2. The van der Waals surface area contributed by atoms with Gasteiger partial charge in [0.25, 0.3) is 0 Å². The smallest absolute Gasteiger partial charge is 0.140 e. The third-order valence-corrected chi connectivity index (χ3v) is 14.2. The molecule has 79 heavy (non-hydrogen) atoms. The number of pyridine rings is 2. The Balaban J connectivity index is 0.000000173. The Labute approximate surface area is 457 Å². The van der Waals surface area contributed by atoms with Crippen LogP contribution in [0.3, 0.4) is 0 Å². The van der Waals surface area contributed by atoms with E-state index in [1.807, 2.05) is 107 Å². The zero-order valence-corrected chi connectivity index (χ0v) is 44.6. The molecule has 408 valence electrons. The second kappa shape index (κ2) is 25.7. The number of nitrogens with zero attached hydrogens (tertiary/aromatic N) is 14. The van der Waals surface area contributed by atoms with Crippen LogP contribution in [0, 0.1) is 5.21 Å². The van der Waals surface area contributed by atoms with Crippen molar-refractivity contribution in [3.8, 4) is 56.5 Å². The lowest BCUT2D eigenvalue weighted by Gasteiger charge is -2.38. The van der Waals surface area contributed by atoms with Crippen LogP contribution in [0.4, 0.5) is 11.6 Å². The second-order valence-electron chi connectivity index (χ2n) is 19.8. The Kier molecular flexibility index (Phi) is 17.5. The molecule has 0 amide bonds. The fourth-order valence-corrected chi connectivity index (χ4v) is 9.99. The molecule has 21 heteroatoms. The molecule has 10 heterocycles. The number of nitrogens with one attached hydrogen (secondary N) is 2. The molecule has 2 aliphatic rings. The molecular formula is C58H66N16O5. The molecule has 8 aromatic heterocycles. The second-order valence-corrected chi connectivity index (χ2v) is 19.8. The summed E-state index contributed by atoms with van der Waals surface area (Å²) in [6.45, 7) is 8.21. The molecule has 0 aliphatic carbocycles. The molecule has 10 aromatic rings. The lowest BCUT2D eigenvalue weighted by atomic mass is 10.1. The first-order valence-corrected chi connectivity index (χ1v) is 26.7. The Morgan fingerprint density at radius 3 is 1.51 bits per heavy atom. The zero-order valence-electron chi connectivity index (χ0n) is 44.6. The average molecular weight is 1070 g/mol. The van der Waals surface area contributed by atoms with Crippen LogP contribution >= 0.6 is 0 Å². The van der Waals surface area contributed by atoms with Crippen LogP contribution in [-0.4, -0.2) is 131 Å². The van der Waals surface area contributed by atoms with Crippen molar-refractivity contribution in [1.82, 2.24) is 63.2 Å². The maximum absolute atomic E-state index is 12.5. The summed E-state index contributed by atoms with van der Waals surface area (Å²) in [7, 11) is 3.84. The predicted molar refractivity (Wildman–Crippen MR) is 303 cm³/mol. The molecule has 0 spiro atoms. The quantitative estimate of drug-likeness (QED) is 0.0183. The van der Waals surface area contributed by atoms with Crippen LogP contribution in [0.25, 0.3) is 56.3 Å². The maximum atomic E-state index is 12.5. The lowest BCUT2D eigenvalue weighted by molar-refractivity contribution is -0.868. The predicted octanol–water partition coefficient (Wildman–Crippen LogP) is 9.37. The summed E-state index contributed by atoms with van der Waals surface area (Å²) in [5.74, 6) is 3.09. The van der Waals surface area contributed by atoms with Crippen LogP contribution in [-0.2, 0) is 27.2 Å². The Bertz CT molecular complexity index is 3530. The van der Waals surface area contributed by atoms with Gasteiger partial charge in [0.1, 0.15) is 47.1 Å². The molecule has 0 unspecified atom stereocenters. The first-order chi connectivity index (χ1) is 38.8. The van der Waals surface area contributed by atoms with E-state index in [0.29, 0.717) is 32.8 Å². The summed E-state index contributed by atoms with van der Waals surface area (Å²) in [5, 5.41) is 39.8. The fraction of sp³-hybridized carbons (Fsp3) is 0.310. The number of quaternary nitrogens is 1. The zero-order chi connectivity index (χ0) is 54.4. The number of hydroxylamine groups is 3. The third kappa shape index (κ3) is 13.9. The highest BCUT2D eigenvalue weighted by molar-refractivity contribution is 5.66. The van der Waals surface area contributed by atoms with E-state index < -0.39 is 0 Å². The number of anilines is 2. The lowest BCUT2D eigenvalue weighted by Crippen LogP contribution is -2.40. The first kappa shape index (κ1) is 53.8. The summed E-state index contributed by atoms with van der Waals surface area (Å²) in [6, 6.07) is 28.6. The SMILES string of the molecule is Cn1cc(-c2ccc(CNc3cc(-c4cnc5cc(OCCCN6CCCC6)ccn45)ncn3)cc2)cn1.Cn1cc(-c2ccc(CNc3cc(-c4cnc5cc(OCCC[N+]6([O-])CCCC6)ccn45)ncn3)cc2)cn1.OO. The van der Waals surface area contributed by atoms with E-state index in [4.69, 9.17) is 20.0 Å². The van der Waals surface area contributed by atoms with E-state index in [0.717, 1.165) is 130 Å². The normalized spacial score (nSPS) is 13.9. The van der Waals surface area contributed by atoms with Crippen molar-refractivity contribution in [3.63, 3.8) is 0 Å². The van der Waals surface area contributed by atoms with Gasteiger partial charge in [-0.15, -0.1) is 0 Å². The molecule has 0 bridgehead atoms.